The standard InChI is InChI=1S/C16H30N4O/c1-6-13(7-2)12(5)18-15-10-14(17-8-3)19-16(20-15)11-21-9-4/h10,12-13H,6-9,11H2,1-5H3,(H2,17,18,19,20). The van der Waals surface area contributed by atoms with Crippen molar-refractivity contribution in [2.75, 3.05) is 23.8 Å². The van der Waals surface area contributed by atoms with E-state index in [1.165, 1.54) is 12.8 Å². The molecule has 1 atom stereocenters. The minimum absolute atomic E-state index is 0.393. The van der Waals surface area contributed by atoms with Crippen LogP contribution >= 0.6 is 0 Å². The number of anilines is 2. The van der Waals surface area contributed by atoms with Gasteiger partial charge in [0.2, 0.25) is 0 Å². The molecule has 0 saturated carbocycles. The van der Waals surface area contributed by atoms with Gasteiger partial charge >= 0.3 is 0 Å². The van der Waals surface area contributed by atoms with Crippen molar-refractivity contribution in [1.82, 2.24) is 9.97 Å². The third-order valence-electron chi connectivity index (χ3n) is 3.70. The van der Waals surface area contributed by atoms with Crippen LogP contribution < -0.4 is 10.6 Å². The summed E-state index contributed by atoms with van der Waals surface area (Å²) in [5.74, 6) is 3.09. The molecule has 1 aromatic rings. The van der Waals surface area contributed by atoms with Crippen molar-refractivity contribution < 1.29 is 4.74 Å². The third kappa shape index (κ3) is 5.87. The van der Waals surface area contributed by atoms with Crippen molar-refractivity contribution in [2.45, 2.75) is 60.1 Å². The highest BCUT2D eigenvalue weighted by atomic mass is 16.5. The maximum absolute atomic E-state index is 5.42. The first-order valence-corrected chi connectivity index (χ1v) is 8.10. The zero-order chi connectivity index (χ0) is 15.7. The highest BCUT2D eigenvalue weighted by Crippen LogP contribution is 2.19. The molecule has 0 aromatic carbocycles. The Labute approximate surface area is 128 Å². The first kappa shape index (κ1) is 17.7. The zero-order valence-electron chi connectivity index (χ0n) is 14.1. The SMILES string of the molecule is CCNc1cc(NC(C)C(CC)CC)nc(COCC)n1. The number of hydrogen-bond acceptors (Lipinski definition) is 5. The zero-order valence-corrected chi connectivity index (χ0v) is 14.1. The van der Waals surface area contributed by atoms with Gasteiger partial charge in [-0.05, 0) is 26.7 Å². The van der Waals surface area contributed by atoms with E-state index in [-0.39, 0.29) is 0 Å². The van der Waals surface area contributed by atoms with Crippen LogP contribution in [0.15, 0.2) is 6.07 Å². The molecule has 0 spiro atoms. The number of aromatic nitrogens is 2. The van der Waals surface area contributed by atoms with E-state index >= 15 is 0 Å². The van der Waals surface area contributed by atoms with Gasteiger partial charge in [-0.25, -0.2) is 9.97 Å². The quantitative estimate of drug-likeness (QED) is 0.689. The summed E-state index contributed by atoms with van der Waals surface area (Å²) < 4.78 is 5.42. The van der Waals surface area contributed by atoms with E-state index in [2.05, 4.69) is 48.3 Å². The van der Waals surface area contributed by atoms with Crippen LogP contribution in [0.25, 0.3) is 0 Å². The molecule has 5 heteroatoms. The highest BCUT2D eigenvalue weighted by molar-refractivity contribution is 5.48. The smallest absolute Gasteiger partial charge is 0.158 e. The molecule has 0 radical (unpaired) electrons. The van der Waals surface area contributed by atoms with Crippen molar-refractivity contribution in [1.29, 1.82) is 0 Å². The third-order valence-corrected chi connectivity index (χ3v) is 3.70. The molecule has 0 aliphatic rings. The Balaban J connectivity index is 2.85. The average molecular weight is 294 g/mol. The minimum atomic E-state index is 0.393. The maximum Gasteiger partial charge on any atom is 0.158 e. The molecule has 5 nitrogen and oxygen atoms in total. The molecular formula is C16H30N4O. The van der Waals surface area contributed by atoms with Gasteiger partial charge in [0.25, 0.3) is 0 Å². The average Bonchev–Trinajstić information content (AvgIpc) is 2.46. The van der Waals surface area contributed by atoms with Gasteiger partial charge in [0, 0.05) is 25.3 Å². The summed E-state index contributed by atoms with van der Waals surface area (Å²) in [5, 5.41) is 6.76. The topological polar surface area (TPSA) is 59.1 Å². The molecule has 0 fully saturated rings. The molecule has 1 rings (SSSR count). The van der Waals surface area contributed by atoms with E-state index in [1.807, 2.05) is 13.0 Å². The first-order valence-electron chi connectivity index (χ1n) is 8.10. The van der Waals surface area contributed by atoms with Crippen molar-refractivity contribution in [3.63, 3.8) is 0 Å². The van der Waals surface area contributed by atoms with Gasteiger partial charge in [-0.15, -0.1) is 0 Å². The van der Waals surface area contributed by atoms with E-state index in [1.54, 1.807) is 0 Å². The van der Waals surface area contributed by atoms with Gasteiger partial charge in [0.05, 0.1) is 0 Å². The van der Waals surface area contributed by atoms with Crippen LogP contribution in [0.2, 0.25) is 0 Å². The van der Waals surface area contributed by atoms with E-state index in [0.29, 0.717) is 25.2 Å². The van der Waals surface area contributed by atoms with Crippen molar-refractivity contribution >= 4 is 11.6 Å². The fraction of sp³-hybridized carbons (Fsp3) is 0.750. The lowest BCUT2D eigenvalue weighted by Gasteiger charge is -2.23. The number of hydrogen-bond donors (Lipinski definition) is 2. The second-order valence-corrected chi connectivity index (χ2v) is 5.23. The number of nitrogens with zero attached hydrogens (tertiary/aromatic N) is 2. The van der Waals surface area contributed by atoms with Crippen molar-refractivity contribution in [2.24, 2.45) is 5.92 Å². The molecule has 1 heterocycles. The second-order valence-electron chi connectivity index (χ2n) is 5.23. The molecule has 0 saturated heterocycles. The number of rotatable bonds is 10. The lowest BCUT2D eigenvalue weighted by molar-refractivity contribution is 0.128. The molecular weight excluding hydrogens is 264 g/mol. The van der Waals surface area contributed by atoms with Crippen LogP contribution in [0, 0.1) is 5.92 Å². The Hall–Kier alpha value is -1.36. The summed E-state index contributed by atoms with van der Waals surface area (Å²) in [5.41, 5.74) is 0. The lowest BCUT2D eigenvalue weighted by Crippen LogP contribution is -2.26. The second kappa shape index (κ2) is 9.55. The summed E-state index contributed by atoms with van der Waals surface area (Å²) in [6.07, 6.45) is 2.34. The summed E-state index contributed by atoms with van der Waals surface area (Å²) in [6.45, 7) is 12.7. The summed E-state index contributed by atoms with van der Waals surface area (Å²) in [6, 6.07) is 2.36. The molecule has 21 heavy (non-hydrogen) atoms. The molecule has 2 N–H and O–H groups in total. The molecule has 0 aliphatic carbocycles. The van der Waals surface area contributed by atoms with E-state index in [9.17, 15) is 0 Å². The van der Waals surface area contributed by atoms with Crippen LogP contribution in [-0.2, 0) is 11.3 Å². The monoisotopic (exact) mass is 294 g/mol. The van der Waals surface area contributed by atoms with Gasteiger partial charge in [0.15, 0.2) is 5.82 Å². The lowest BCUT2D eigenvalue weighted by atomic mass is 9.95. The Morgan fingerprint density at radius 3 is 2.33 bits per heavy atom. The predicted molar refractivity (Wildman–Crippen MR) is 88.7 cm³/mol. The van der Waals surface area contributed by atoms with Gasteiger partial charge in [-0.2, -0.15) is 0 Å². The van der Waals surface area contributed by atoms with E-state index in [0.717, 1.165) is 24.0 Å². The van der Waals surface area contributed by atoms with Crippen LogP contribution in [0.1, 0.15) is 53.3 Å². The van der Waals surface area contributed by atoms with Crippen LogP contribution in [0.4, 0.5) is 11.6 Å². The van der Waals surface area contributed by atoms with Crippen LogP contribution in [-0.4, -0.2) is 29.2 Å². The molecule has 1 aromatic heterocycles. The van der Waals surface area contributed by atoms with E-state index in [4.69, 9.17) is 4.74 Å². The van der Waals surface area contributed by atoms with Crippen molar-refractivity contribution in [3.05, 3.63) is 11.9 Å². The summed E-state index contributed by atoms with van der Waals surface area (Å²) in [7, 11) is 0. The Bertz CT molecular complexity index is 407. The molecule has 1 unspecified atom stereocenters. The minimum Gasteiger partial charge on any atom is -0.374 e. The summed E-state index contributed by atoms with van der Waals surface area (Å²) >= 11 is 0. The van der Waals surface area contributed by atoms with Gasteiger partial charge in [-0.3, -0.25) is 0 Å². The Morgan fingerprint density at radius 1 is 1.10 bits per heavy atom. The first-order chi connectivity index (χ1) is 10.1. The molecule has 120 valence electrons. The molecule has 0 aliphatic heterocycles. The number of ether oxygens (including phenoxy) is 1. The maximum atomic E-state index is 5.42. The normalized spacial score (nSPS) is 12.5. The molecule has 0 amide bonds. The Morgan fingerprint density at radius 2 is 1.76 bits per heavy atom. The predicted octanol–water partition coefficient (Wildman–Crippen LogP) is 3.68. The van der Waals surface area contributed by atoms with Gasteiger partial charge in [0.1, 0.15) is 18.2 Å². The molecule has 0 bridgehead atoms. The summed E-state index contributed by atoms with van der Waals surface area (Å²) in [4.78, 5) is 9.02. The van der Waals surface area contributed by atoms with Gasteiger partial charge in [-0.1, -0.05) is 26.7 Å². The fourth-order valence-electron chi connectivity index (χ4n) is 2.45. The van der Waals surface area contributed by atoms with Crippen LogP contribution in [0.5, 0.6) is 0 Å². The van der Waals surface area contributed by atoms with Crippen LogP contribution in [0.3, 0.4) is 0 Å². The van der Waals surface area contributed by atoms with Crippen molar-refractivity contribution in [3.8, 4) is 0 Å². The Kier molecular flexibility index (Phi) is 8.05. The van der Waals surface area contributed by atoms with E-state index < -0.39 is 0 Å². The highest BCUT2D eigenvalue weighted by Gasteiger charge is 2.14. The number of nitrogens with one attached hydrogen (secondary N) is 2. The fourth-order valence-corrected chi connectivity index (χ4v) is 2.45. The largest absolute Gasteiger partial charge is 0.374 e. The van der Waals surface area contributed by atoms with Gasteiger partial charge < -0.3 is 15.4 Å².